The van der Waals surface area contributed by atoms with Crippen LogP contribution >= 0.6 is 0 Å². The lowest BCUT2D eigenvalue weighted by molar-refractivity contribution is -0.112. The van der Waals surface area contributed by atoms with Crippen LogP contribution < -0.4 is 15.5 Å². The number of carbonyl (C=O) groups excluding carboxylic acids is 1. The Bertz CT molecular complexity index is 1390. The minimum atomic E-state index is -0.517. The highest BCUT2D eigenvalue weighted by molar-refractivity contribution is 5.99. The number of nitrogens with zero attached hydrogens (tertiary/aromatic N) is 6. The monoisotopic (exact) mass is 522 g/mol. The summed E-state index contributed by atoms with van der Waals surface area (Å²) < 4.78 is 30.9. The van der Waals surface area contributed by atoms with Crippen molar-refractivity contribution >= 4 is 34.4 Å². The van der Waals surface area contributed by atoms with Crippen LogP contribution in [0.2, 0.25) is 0 Å². The molecule has 2 N–H and O–H groups in total. The molecule has 1 aliphatic heterocycles. The average molecular weight is 523 g/mol. The van der Waals surface area contributed by atoms with Gasteiger partial charge in [-0.2, -0.15) is 0 Å². The molecule has 1 saturated heterocycles. The number of methoxy groups -OCH3 is 2. The summed E-state index contributed by atoms with van der Waals surface area (Å²) in [4.78, 5) is 24.0. The van der Waals surface area contributed by atoms with Crippen LogP contribution in [0.4, 0.5) is 26.4 Å². The number of aromatic nitrogens is 5. The maximum Gasteiger partial charge on any atom is 0.323 e. The molecular formula is C25H27FN8O4. The molecule has 0 bridgehead atoms. The second-order valence-electron chi connectivity index (χ2n) is 8.48. The summed E-state index contributed by atoms with van der Waals surface area (Å²) in [6.45, 7) is 2.82. The van der Waals surface area contributed by atoms with E-state index in [-0.39, 0.29) is 5.82 Å². The van der Waals surface area contributed by atoms with Crippen LogP contribution in [0.25, 0.3) is 22.6 Å². The number of urea groups is 1. The lowest BCUT2D eigenvalue weighted by Crippen LogP contribution is -2.37. The SMILES string of the molecule is COC(Cn1nnc2c(N3CCOCC3)nc(-c3ccc(NC(=O)Nc4ccc(F)cc4)cc3)nc21)OC. The van der Waals surface area contributed by atoms with Crippen molar-refractivity contribution in [3.63, 3.8) is 0 Å². The number of rotatable bonds is 8. The summed E-state index contributed by atoms with van der Waals surface area (Å²) >= 11 is 0. The highest BCUT2D eigenvalue weighted by Crippen LogP contribution is 2.28. The van der Waals surface area contributed by atoms with Gasteiger partial charge in [0.05, 0.1) is 19.8 Å². The van der Waals surface area contributed by atoms with Gasteiger partial charge in [-0.1, -0.05) is 5.21 Å². The normalized spacial score (nSPS) is 13.7. The Morgan fingerprint density at radius 3 is 2.26 bits per heavy atom. The van der Waals surface area contributed by atoms with E-state index in [9.17, 15) is 9.18 Å². The summed E-state index contributed by atoms with van der Waals surface area (Å²) in [6.07, 6.45) is -0.517. The van der Waals surface area contributed by atoms with E-state index in [2.05, 4.69) is 25.8 Å². The van der Waals surface area contributed by atoms with Crippen LogP contribution in [0.5, 0.6) is 0 Å². The van der Waals surface area contributed by atoms with Crippen molar-refractivity contribution in [1.29, 1.82) is 0 Å². The van der Waals surface area contributed by atoms with Crippen molar-refractivity contribution in [2.45, 2.75) is 12.8 Å². The van der Waals surface area contributed by atoms with Crippen molar-refractivity contribution in [2.75, 3.05) is 56.1 Å². The molecule has 198 valence electrons. The molecule has 0 radical (unpaired) electrons. The van der Waals surface area contributed by atoms with E-state index in [0.29, 0.717) is 67.0 Å². The van der Waals surface area contributed by atoms with Crippen LogP contribution in [0.3, 0.4) is 0 Å². The molecule has 3 heterocycles. The molecule has 2 aromatic carbocycles. The average Bonchev–Trinajstić information content (AvgIpc) is 3.36. The number of fused-ring (bicyclic) bond motifs is 1. The number of morpholine rings is 1. The molecule has 38 heavy (non-hydrogen) atoms. The largest absolute Gasteiger partial charge is 0.378 e. The predicted octanol–water partition coefficient (Wildman–Crippen LogP) is 3.13. The maximum absolute atomic E-state index is 13.1. The van der Waals surface area contributed by atoms with Crippen LogP contribution in [0.1, 0.15) is 0 Å². The Kier molecular flexibility index (Phi) is 7.67. The molecule has 1 fully saturated rings. The number of ether oxygens (including phenoxy) is 3. The summed E-state index contributed by atoms with van der Waals surface area (Å²) in [6, 6.07) is 12.2. The van der Waals surface area contributed by atoms with Gasteiger partial charge in [0.15, 0.2) is 29.1 Å². The molecule has 0 saturated carbocycles. The third-order valence-electron chi connectivity index (χ3n) is 6.01. The van der Waals surface area contributed by atoms with Crippen molar-refractivity contribution in [1.82, 2.24) is 25.0 Å². The molecule has 4 aromatic rings. The quantitative estimate of drug-likeness (QED) is 0.335. The summed E-state index contributed by atoms with van der Waals surface area (Å²) in [5.41, 5.74) is 2.92. The van der Waals surface area contributed by atoms with E-state index < -0.39 is 12.3 Å². The standard InChI is InChI=1S/C25H27FN8O4/c1-36-20(37-2)15-34-24-21(31-32-34)23(33-11-13-38-14-12-33)29-22(30-24)16-3-7-18(8-4-16)27-25(35)28-19-9-5-17(26)6-10-19/h3-10,20H,11-15H2,1-2H3,(H2,27,28,35). The zero-order chi connectivity index (χ0) is 26.5. The minimum absolute atomic E-state index is 0.300. The first-order valence-electron chi connectivity index (χ1n) is 12.0. The van der Waals surface area contributed by atoms with E-state index in [1.165, 1.54) is 24.3 Å². The number of amides is 2. The van der Waals surface area contributed by atoms with Gasteiger partial charge in [0.25, 0.3) is 0 Å². The number of hydrogen-bond donors (Lipinski definition) is 2. The van der Waals surface area contributed by atoms with Gasteiger partial charge < -0.3 is 29.7 Å². The first-order valence-corrected chi connectivity index (χ1v) is 12.0. The Hall–Kier alpha value is -4.20. The molecule has 0 unspecified atom stereocenters. The molecule has 5 rings (SSSR count). The molecule has 0 spiro atoms. The van der Waals surface area contributed by atoms with Gasteiger partial charge in [-0.15, -0.1) is 5.10 Å². The van der Waals surface area contributed by atoms with E-state index in [4.69, 9.17) is 24.2 Å². The zero-order valence-corrected chi connectivity index (χ0v) is 20.9. The van der Waals surface area contributed by atoms with Gasteiger partial charge in [0.2, 0.25) is 0 Å². The summed E-state index contributed by atoms with van der Waals surface area (Å²) in [5.74, 6) is 0.780. The van der Waals surface area contributed by atoms with Crippen molar-refractivity contribution in [2.24, 2.45) is 0 Å². The topological polar surface area (TPSA) is 129 Å². The van der Waals surface area contributed by atoms with Gasteiger partial charge in [-0.05, 0) is 48.5 Å². The van der Waals surface area contributed by atoms with Crippen molar-refractivity contribution in [3.8, 4) is 11.4 Å². The highest BCUT2D eigenvalue weighted by atomic mass is 19.1. The number of hydrogen-bond acceptors (Lipinski definition) is 9. The zero-order valence-electron chi connectivity index (χ0n) is 20.9. The van der Waals surface area contributed by atoms with Gasteiger partial charge >= 0.3 is 6.03 Å². The number of halogens is 1. The van der Waals surface area contributed by atoms with Gasteiger partial charge in [0, 0.05) is 44.2 Å². The number of nitrogens with one attached hydrogen (secondary N) is 2. The summed E-state index contributed by atoms with van der Waals surface area (Å²) in [7, 11) is 3.12. The van der Waals surface area contributed by atoms with Crippen LogP contribution in [0, 0.1) is 5.82 Å². The maximum atomic E-state index is 13.1. The van der Waals surface area contributed by atoms with E-state index in [1.807, 2.05) is 12.1 Å². The molecule has 0 aliphatic carbocycles. The molecule has 2 aromatic heterocycles. The highest BCUT2D eigenvalue weighted by Gasteiger charge is 2.23. The third kappa shape index (κ3) is 5.69. The molecular weight excluding hydrogens is 495 g/mol. The van der Waals surface area contributed by atoms with Gasteiger partial charge in [-0.25, -0.2) is 23.8 Å². The third-order valence-corrected chi connectivity index (χ3v) is 6.01. The Balaban J connectivity index is 1.41. The van der Waals surface area contributed by atoms with Crippen molar-refractivity contribution < 1.29 is 23.4 Å². The first-order chi connectivity index (χ1) is 18.5. The van der Waals surface area contributed by atoms with E-state index in [1.54, 1.807) is 31.0 Å². The molecule has 12 nitrogen and oxygen atoms in total. The molecule has 0 atom stereocenters. The fraction of sp³-hybridized carbons (Fsp3) is 0.320. The first kappa shape index (κ1) is 25.4. The number of anilines is 3. The predicted molar refractivity (Wildman–Crippen MR) is 138 cm³/mol. The lowest BCUT2D eigenvalue weighted by Gasteiger charge is -2.28. The second kappa shape index (κ2) is 11.5. The van der Waals surface area contributed by atoms with Gasteiger partial charge in [0.1, 0.15) is 5.82 Å². The smallest absolute Gasteiger partial charge is 0.323 e. The fourth-order valence-electron chi connectivity index (χ4n) is 4.01. The van der Waals surface area contributed by atoms with Gasteiger partial charge in [-0.3, -0.25) is 0 Å². The minimum Gasteiger partial charge on any atom is -0.378 e. The van der Waals surface area contributed by atoms with Crippen LogP contribution in [-0.2, 0) is 20.8 Å². The molecule has 2 amide bonds. The van der Waals surface area contributed by atoms with E-state index >= 15 is 0 Å². The second-order valence-corrected chi connectivity index (χ2v) is 8.48. The number of carbonyl (C=O) groups is 1. The van der Waals surface area contributed by atoms with Crippen molar-refractivity contribution in [3.05, 3.63) is 54.3 Å². The summed E-state index contributed by atoms with van der Waals surface area (Å²) in [5, 5.41) is 14.1. The Morgan fingerprint density at radius 1 is 1.00 bits per heavy atom. The molecule has 13 heteroatoms. The van der Waals surface area contributed by atoms with Crippen LogP contribution in [0.15, 0.2) is 48.5 Å². The van der Waals surface area contributed by atoms with Crippen LogP contribution in [-0.4, -0.2) is 77.8 Å². The number of benzene rings is 2. The van der Waals surface area contributed by atoms with E-state index in [0.717, 1.165) is 5.56 Å². The fourth-order valence-corrected chi connectivity index (χ4v) is 4.01. The Labute approximate surface area is 217 Å². The Morgan fingerprint density at radius 2 is 1.63 bits per heavy atom. The lowest BCUT2D eigenvalue weighted by atomic mass is 10.2. The molecule has 1 aliphatic rings.